The predicted octanol–water partition coefficient (Wildman–Crippen LogP) is 11.0. The third-order valence-corrected chi connectivity index (χ3v) is 11.0. The zero-order chi connectivity index (χ0) is 36.7. The molecule has 0 aliphatic heterocycles. The number of benzene rings is 6. The van der Waals surface area contributed by atoms with Crippen molar-refractivity contribution in [1.29, 1.82) is 0 Å². The summed E-state index contributed by atoms with van der Waals surface area (Å²) in [5.41, 5.74) is 9.56. The first-order valence-electron chi connectivity index (χ1n) is 18.5. The SMILES string of the molecule is c1ccc2c(c1)c1ccccc1n2-c1nccc(-c2ccnc3c2ccc2ccc4c(-c5ccnc(-n6c7ccccc7c7ccccc76)n5)ccnc4c23)n1. The van der Waals surface area contributed by atoms with Crippen molar-refractivity contribution < 1.29 is 0 Å². The average Bonchev–Trinajstić information content (AvgIpc) is 3.79. The number of hydrogen-bond donors (Lipinski definition) is 0. The van der Waals surface area contributed by atoms with Crippen molar-refractivity contribution >= 4 is 76.2 Å². The normalized spacial score (nSPS) is 11.9. The van der Waals surface area contributed by atoms with E-state index in [1.165, 1.54) is 21.5 Å². The molecule has 0 amide bonds. The molecule has 8 nitrogen and oxygen atoms in total. The largest absolute Gasteiger partial charge is 0.278 e. The van der Waals surface area contributed by atoms with Crippen LogP contribution in [0.2, 0.25) is 0 Å². The molecule has 56 heavy (non-hydrogen) atoms. The van der Waals surface area contributed by atoms with Crippen molar-refractivity contribution in [3.05, 3.63) is 170 Å². The molecule has 0 radical (unpaired) electrons. The lowest BCUT2D eigenvalue weighted by Gasteiger charge is -2.13. The van der Waals surface area contributed by atoms with E-state index >= 15 is 0 Å². The molecule has 12 rings (SSSR count). The van der Waals surface area contributed by atoms with Gasteiger partial charge in [-0.2, -0.15) is 0 Å². The summed E-state index contributed by atoms with van der Waals surface area (Å²) < 4.78 is 4.29. The molecule has 0 N–H and O–H groups in total. The molecule has 6 heterocycles. The van der Waals surface area contributed by atoms with Crippen molar-refractivity contribution in [2.75, 3.05) is 0 Å². The second kappa shape index (κ2) is 11.8. The van der Waals surface area contributed by atoms with E-state index in [1.54, 1.807) is 0 Å². The smallest absolute Gasteiger partial charge is 0.235 e. The lowest BCUT2D eigenvalue weighted by Crippen LogP contribution is -2.02. The second-order valence-electron chi connectivity index (χ2n) is 14.0. The third kappa shape index (κ3) is 4.41. The number of aromatic nitrogens is 8. The van der Waals surface area contributed by atoms with Gasteiger partial charge in [-0.3, -0.25) is 19.1 Å². The molecule has 0 spiro atoms. The molecule has 0 saturated heterocycles. The van der Waals surface area contributed by atoms with E-state index in [2.05, 4.69) is 130 Å². The van der Waals surface area contributed by atoms with Crippen molar-refractivity contribution in [3.63, 3.8) is 0 Å². The molecule has 0 bridgehead atoms. The van der Waals surface area contributed by atoms with Crippen LogP contribution in [0.3, 0.4) is 0 Å². The number of hydrogen-bond acceptors (Lipinski definition) is 6. The summed E-state index contributed by atoms with van der Waals surface area (Å²) in [5.74, 6) is 1.24. The summed E-state index contributed by atoms with van der Waals surface area (Å²) in [7, 11) is 0. The minimum Gasteiger partial charge on any atom is -0.278 e. The van der Waals surface area contributed by atoms with Crippen LogP contribution in [-0.2, 0) is 0 Å². The van der Waals surface area contributed by atoms with Gasteiger partial charge in [-0.1, -0.05) is 97.1 Å². The van der Waals surface area contributed by atoms with Gasteiger partial charge >= 0.3 is 0 Å². The van der Waals surface area contributed by atoms with Gasteiger partial charge in [0, 0.05) is 73.6 Å². The van der Waals surface area contributed by atoms with Gasteiger partial charge in [0.2, 0.25) is 11.9 Å². The van der Waals surface area contributed by atoms with E-state index in [1.807, 2.05) is 49.1 Å². The molecule has 8 heteroatoms. The highest BCUT2D eigenvalue weighted by molar-refractivity contribution is 6.21. The van der Waals surface area contributed by atoms with Crippen molar-refractivity contribution in [2.24, 2.45) is 0 Å². The van der Waals surface area contributed by atoms with E-state index in [0.29, 0.717) is 11.9 Å². The summed E-state index contributed by atoms with van der Waals surface area (Å²) >= 11 is 0. The number of rotatable bonds is 4. The van der Waals surface area contributed by atoms with Gasteiger partial charge in [0.25, 0.3) is 0 Å². The molecule has 0 aliphatic rings. The molecule has 0 atom stereocenters. The Labute approximate surface area is 319 Å². The number of pyridine rings is 2. The van der Waals surface area contributed by atoms with Crippen molar-refractivity contribution in [2.45, 2.75) is 0 Å². The maximum Gasteiger partial charge on any atom is 0.235 e. The van der Waals surface area contributed by atoms with Crippen LogP contribution in [0.15, 0.2) is 170 Å². The van der Waals surface area contributed by atoms with Crippen LogP contribution in [0.5, 0.6) is 0 Å². The first-order chi connectivity index (χ1) is 27.8. The van der Waals surface area contributed by atoms with Crippen LogP contribution in [0, 0.1) is 0 Å². The minimum atomic E-state index is 0.618. The van der Waals surface area contributed by atoms with Crippen molar-refractivity contribution in [3.8, 4) is 34.4 Å². The molecular formula is C48H28N8. The number of para-hydroxylation sites is 4. The monoisotopic (exact) mass is 716 g/mol. The van der Waals surface area contributed by atoms with Crippen LogP contribution in [-0.4, -0.2) is 39.0 Å². The van der Waals surface area contributed by atoms with Gasteiger partial charge in [0.15, 0.2) is 0 Å². The van der Waals surface area contributed by atoms with E-state index in [0.717, 1.165) is 77.2 Å². The summed E-state index contributed by atoms with van der Waals surface area (Å²) in [6, 6.07) is 50.2. The maximum atomic E-state index is 5.19. The summed E-state index contributed by atoms with van der Waals surface area (Å²) in [6.45, 7) is 0. The van der Waals surface area contributed by atoms with Crippen LogP contribution in [0.1, 0.15) is 0 Å². The number of nitrogens with zero attached hydrogens (tertiary/aromatic N) is 8. The van der Waals surface area contributed by atoms with Gasteiger partial charge in [-0.25, -0.2) is 19.9 Å². The maximum absolute atomic E-state index is 5.19. The first kappa shape index (κ1) is 30.6. The Balaban J connectivity index is 1.03. The Morgan fingerprint density at radius 3 is 1.11 bits per heavy atom. The van der Waals surface area contributed by atoms with E-state index in [-0.39, 0.29) is 0 Å². The summed E-state index contributed by atoms with van der Waals surface area (Å²) in [4.78, 5) is 29.9. The molecule has 6 aromatic heterocycles. The summed E-state index contributed by atoms with van der Waals surface area (Å²) in [6.07, 6.45) is 7.41. The Morgan fingerprint density at radius 2 is 0.696 bits per heavy atom. The fourth-order valence-electron chi connectivity index (χ4n) is 8.57. The summed E-state index contributed by atoms with van der Waals surface area (Å²) in [5, 5.41) is 8.69. The first-order valence-corrected chi connectivity index (χ1v) is 18.5. The second-order valence-corrected chi connectivity index (χ2v) is 14.0. The molecule has 0 saturated carbocycles. The van der Waals surface area contributed by atoms with Crippen LogP contribution in [0.25, 0.3) is 111 Å². The van der Waals surface area contributed by atoms with Gasteiger partial charge < -0.3 is 0 Å². The average molecular weight is 717 g/mol. The molecule has 260 valence electrons. The quantitative estimate of drug-likeness (QED) is 0.169. The molecule has 0 aliphatic carbocycles. The van der Waals surface area contributed by atoms with Gasteiger partial charge in [-0.05, 0) is 53.9 Å². The van der Waals surface area contributed by atoms with Gasteiger partial charge in [0.05, 0.1) is 44.5 Å². The molecule has 0 unspecified atom stereocenters. The highest BCUT2D eigenvalue weighted by Gasteiger charge is 2.19. The lowest BCUT2D eigenvalue weighted by molar-refractivity contribution is 0.992. The number of fused-ring (bicyclic) bond motifs is 11. The molecule has 6 aromatic carbocycles. The highest BCUT2D eigenvalue weighted by Crippen LogP contribution is 2.38. The van der Waals surface area contributed by atoms with Gasteiger partial charge in [0.1, 0.15) is 0 Å². The Bertz CT molecular complexity index is 3230. The molecular weight excluding hydrogens is 689 g/mol. The Morgan fingerprint density at radius 1 is 0.321 bits per heavy atom. The Hall–Kier alpha value is -7.84. The Kier molecular flexibility index (Phi) is 6.47. The van der Waals surface area contributed by atoms with E-state index < -0.39 is 0 Å². The predicted molar refractivity (Wildman–Crippen MR) is 225 cm³/mol. The fourth-order valence-corrected chi connectivity index (χ4v) is 8.57. The van der Waals surface area contributed by atoms with Gasteiger partial charge in [-0.15, -0.1) is 0 Å². The van der Waals surface area contributed by atoms with E-state index in [9.17, 15) is 0 Å². The highest BCUT2D eigenvalue weighted by atomic mass is 15.2. The standard InChI is InChI=1S/C48H28N8/c1-5-13-40-32(9-1)33-10-2-6-14-41(33)55(40)47-51-27-23-38(53-47)30-21-25-49-45-36(30)19-17-29-18-20-37-31(22-26-50-46(37)44(29)45)39-24-28-52-48(54-39)56-42-15-7-3-11-34(42)35-12-4-8-16-43(35)56/h1-28H. The van der Waals surface area contributed by atoms with Crippen LogP contribution >= 0.6 is 0 Å². The van der Waals surface area contributed by atoms with E-state index in [4.69, 9.17) is 29.9 Å². The minimum absolute atomic E-state index is 0.618. The molecule has 0 fully saturated rings. The third-order valence-electron chi connectivity index (χ3n) is 11.0. The fraction of sp³-hybridized carbons (Fsp3) is 0. The zero-order valence-corrected chi connectivity index (χ0v) is 29.7. The topological polar surface area (TPSA) is 87.2 Å². The zero-order valence-electron chi connectivity index (χ0n) is 29.7. The van der Waals surface area contributed by atoms with Crippen molar-refractivity contribution in [1.82, 2.24) is 39.0 Å². The van der Waals surface area contributed by atoms with Crippen LogP contribution < -0.4 is 0 Å². The molecule has 12 aromatic rings. The lowest BCUT2D eigenvalue weighted by atomic mass is 9.97. The van der Waals surface area contributed by atoms with Crippen LogP contribution in [0.4, 0.5) is 0 Å².